The number of nitrogens with zero attached hydrogens (tertiary/aromatic N) is 3. The zero-order chi connectivity index (χ0) is 15.6. The lowest BCUT2D eigenvalue weighted by Crippen LogP contribution is -2.23. The standard InChI is InChI=1S/C15H12N4O2/c1-9-13(7-16)15(14(8-17)10(2)18-9)11-4-3-5-12(6-11)19(20)21/h3-6,15,18H,1-2H3. The Labute approximate surface area is 121 Å². The highest BCUT2D eigenvalue weighted by molar-refractivity contribution is 5.56. The van der Waals surface area contributed by atoms with Crippen LogP contribution in [0.5, 0.6) is 0 Å². The first kappa shape index (κ1) is 14.3. The van der Waals surface area contributed by atoms with Crippen LogP contribution in [-0.4, -0.2) is 4.92 Å². The number of rotatable bonds is 2. The Hall–Kier alpha value is -3.12. The molecule has 0 amide bonds. The van der Waals surface area contributed by atoms with E-state index < -0.39 is 10.8 Å². The monoisotopic (exact) mass is 280 g/mol. The van der Waals surface area contributed by atoms with Crippen LogP contribution in [0.1, 0.15) is 25.3 Å². The summed E-state index contributed by atoms with van der Waals surface area (Å²) in [6.45, 7) is 3.50. The normalized spacial score (nSPS) is 15.2. The van der Waals surface area contributed by atoms with E-state index in [1.807, 2.05) is 0 Å². The van der Waals surface area contributed by atoms with E-state index in [1.165, 1.54) is 12.1 Å². The lowest BCUT2D eigenvalue weighted by atomic mass is 9.81. The van der Waals surface area contributed by atoms with Gasteiger partial charge in [-0.3, -0.25) is 10.1 Å². The van der Waals surface area contributed by atoms with Crippen molar-refractivity contribution in [3.05, 3.63) is 62.5 Å². The molecule has 0 aromatic heterocycles. The molecule has 0 aliphatic carbocycles. The topological polar surface area (TPSA) is 103 Å². The molecule has 0 spiro atoms. The molecule has 1 aliphatic rings. The molecule has 0 fully saturated rings. The smallest absolute Gasteiger partial charge is 0.269 e. The Morgan fingerprint density at radius 1 is 1.19 bits per heavy atom. The molecule has 2 rings (SSSR count). The van der Waals surface area contributed by atoms with Gasteiger partial charge in [0.05, 0.1) is 34.1 Å². The summed E-state index contributed by atoms with van der Waals surface area (Å²) in [5.74, 6) is -0.568. The molecule has 0 unspecified atom stereocenters. The molecule has 6 nitrogen and oxygen atoms in total. The van der Waals surface area contributed by atoms with E-state index in [9.17, 15) is 20.6 Å². The fraction of sp³-hybridized carbons (Fsp3) is 0.200. The lowest BCUT2D eigenvalue weighted by Gasteiger charge is -2.26. The summed E-state index contributed by atoms with van der Waals surface area (Å²) in [4.78, 5) is 10.4. The van der Waals surface area contributed by atoms with Gasteiger partial charge in [-0.1, -0.05) is 12.1 Å². The summed E-state index contributed by atoms with van der Waals surface area (Å²) in [6.07, 6.45) is 0. The molecule has 1 N–H and O–H groups in total. The molecule has 0 atom stereocenters. The van der Waals surface area contributed by atoms with E-state index >= 15 is 0 Å². The summed E-state index contributed by atoms with van der Waals surface area (Å²) in [5.41, 5.74) is 2.62. The molecule has 1 aromatic rings. The zero-order valence-corrected chi connectivity index (χ0v) is 11.5. The number of non-ortho nitro benzene ring substituents is 1. The number of nitro benzene ring substituents is 1. The van der Waals surface area contributed by atoms with Gasteiger partial charge in [0, 0.05) is 23.5 Å². The van der Waals surface area contributed by atoms with Crippen LogP contribution in [-0.2, 0) is 0 Å². The number of benzene rings is 1. The van der Waals surface area contributed by atoms with Gasteiger partial charge in [0.15, 0.2) is 0 Å². The predicted molar refractivity (Wildman–Crippen MR) is 75.6 cm³/mol. The number of nitriles is 2. The van der Waals surface area contributed by atoms with Gasteiger partial charge in [-0.15, -0.1) is 0 Å². The number of allylic oxidation sites excluding steroid dienone is 4. The first-order valence-corrected chi connectivity index (χ1v) is 6.22. The van der Waals surface area contributed by atoms with Crippen molar-refractivity contribution in [2.24, 2.45) is 0 Å². The highest BCUT2D eigenvalue weighted by atomic mass is 16.6. The summed E-state index contributed by atoms with van der Waals surface area (Å²) in [6, 6.07) is 10.2. The minimum atomic E-state index is -0.568. The van der Waals surface area contributed by atoms with Crippen molar-refractivity contribution >= 4 is 5.69 Å². The highest BCUT2D eigenvalue weighted by Crippen LogP contribution is 2.38. The van der Waals surface area contributed by atoms with Crippen LogP contribution < -0.4 is 5.32 Å². The third kappa shape index (κ3) is 2.47. The van der Waals surface area contributed by atoms with Crippen molar-refractivity contribution in [1.29, 1.82) is 10.5 Å². The molecule has 104 valence electrons. The fourth-order valence-electron chi connectivity index (χ4n) is 2.44. The summed E-state index contributed by atoms with van der Waals surface area (Å²) in [5, 5.41) is 32.6. The maximum Gasteiger partial charge on any atom is 0.269 e. The van der Waals surface area contributed by atoms with Gasteiger partial charge < -0.3 is 5.32 Å². The molecule has 0 radical (unpaired) electrons. The molecule has 0 saturated carbocycles. The number of hydrogen-bond donors (Lipinski definition) is 1. The first-order valence-electron chi connectivity index (χ1n) is 6.22. The van der Waals surface area contributed by atoms with Crippen LogP contribution in [0.3, 0.4) is 0 Å². The third-order valence-corrected chi connectivity index (χ3v) is 3.42. The zero-order valence-electron chi connectivity index (χ0n) is 11.5. The van der Waals surface area contributed by atoms with Gasteiger partial charge in [0.2, 0.25) is 0 Å². The van der Waals surface area contributed by atoms with Crippen molar-refractivity contribution in [3.63, 3.8) is 0 Å². The van der Waals surface area contributed by atoms with Crippen LogP contribution in [0.2, 0.25) is 0 Å². The molecular formula is C15H12N4O2. The molecule has 1 heterocycles. The summed E-state index contributed by atoms with van der Waals surface area (Å²) >= 11 is 0. The van der Waals surface area contributed by atoms with Gasteiger partial charge in [-0.2, -0.15) is 10.5 Å². The minimum Gasteiger partial charge on any atom is -0.361 e. The van der Waals surface area contributed by atoms with E-state index in [0.29, 0.717) is 28.1 Å². The fourth-order valence-corrected chi connectivity index (χ4v) is 2.44. The van der Waals surface area contributed by atoms with E-state index in [0.717, 1.165) is 0 Å². The van der Waals surface area contributed by atoms with Gasteiger partial charge in [-0.25, -0.2) is 0 Å². The average Bonchev–Trinajstić information content (AvgIpc) is 2.46. The molecule has 1 aliphatic heterocycles. The number of hydrogen-bond acceptors (Lipinski definition) is 5. The Morgan fingerprint density at radius 2 is 1.76 bits per heavy atom. The average molecular weight is 280 g/mol. The maximum atomic E-state index is 10.9. The third-order valence-electron chi connectivity index (χ3n) is 3.42. The number of dihydropyridines is 1. The quantitative estimate of drug-likeness (QED) is 0.662. The Balaban J connectivity index is 2.65. The van der Waals surface area contributed by atoms with Crippen LogP contribution in [0, 0.1) is 32.8 Å². The van der Waals surface area contributed by atoms with Crippen molar-refractivity contribution in [3.8, 4) is 12.1 Å². The van der Waals surface area contributed by atoms with E-state index in [1.54, 1.807) is 26.0 Å². The van der Waals surface area contributed by atoms with E-state index in [-0.39, 0.29) is 5.69 Å². The Kier molecular flexibility index (Phi) is 3.73. The molecule has 0 saturated heterocycles. The van der Waals surface area contributed by atoms with Gasteiger partial charge in [0.1, 0.15) is 0 Å². The molecular weight excluding hydrogens is 268 g/mol. The lowest BCUT2D eigenvalue weighted by molar-refractivity contribution is -0.384. The van der Waals surface area contributed by atoms with Crippen LogP contribution in [0.4, 0.5) is 5.69 Å². The van der Waals surface area contributed by atoms with Crippen molar-refractivity contribution in [2.45, 2.75) is 19.8 Å². The van der Waals surface area contributed by atoms with E-state index in [2.05, 4.69) is 17.5 Å². The van der Waals surface area contributed by atoms with Crippen LogP contribution >= 0.6 is 0 Å². The summed E-state index contributed by atoms with van der Waals surface area (Å²) in [7, 11) is 0. The van der Waals surface area contributed by atoms with Crippen LogP contribution in [0.25, 0.3) is 0 Å². The minimum absolute atomic E-state index is 0.0593. The van der Waals surface area contributed by atoms with Gasteiger partial charge >= 0.3 is 0 Å². The van der Waals surface area contributed by atoms with Crippen molar-refractivity contribution < 1.29 is 4.92 Å². The van der Waals surface area contributed by atoms with Crippen molar-refractivity contribution in [1.82, 2.24) is 5.32 Å². The van der Waals surface area contributed by atoms with Gasteiger partial charge in [-0.05, 0) is 19.4 Å². The maximum absolute atomic E-state index is 10.9. The second kappa shape index (κ2) is 5.48. The summed E-state index contributed by atoms with van der Waals surface area (Å²) < 4.78 is 0. The Bertz CT molecular complexity index is 727. The molecule has 6 heteroatoms. The SMILES string of the molecule is CC1=C(C#N)C(c2cccc([N+](=O)[O-])c2)C(C#N)=C(C)N1. The van der Waals surface area contributed by atoms with Crippen molar-refractivity contribution in [2.75, 3.05) is 0 Å². The van der Waals surface area contributed by atoms with E-state index in [4.69, 9.17) is 0 Å². The number of nitrogens with one attached hydrogen (secondary N) is 1. The number of nitro groups is 1. The second-order valence-corrected chi connectivity index (χ2v) is 4.71. The Morgan fingerprint density at radius 3 is 2.24 bits per heavy atom. The molecule has 0 bridgehead atoms. The predicted octanol–water partition coefficient (Wildman–Crippen LogP) is 2.88. The second-order valence-electron chi connectivity index (χ2n) is 4.71. The molecule has 21 heavy (non-hydrogen) atoms. The first-order chi connectivity index (χ1) is 9.99. The van der Waals surface area contributed by atoms with Crippen LogP contribution in [0.15, 0.2) is 46.8 Å². The highest BCUT2D eigenvalue weighted by Gasteiger charge is 2.30. The largest absolute Gasteiger partial charge is 0.361 e. The van der Waals surface area contributed by atoms with Gasteiger partial charge in [0.25, 0.3) is 5.69 Å². The molecule has 1 aromatic carbocycles.